The second kappa shape index (κ2) is 7.34. The molecule has 2 aromatic carbocycles. The van der Waals surface area contributed by atoms with Crippen LogP contribution in [0.2, 0.25) is 0 Å². The normalized spacial score (nSPS) is 17.8. The predicted octanol–water partition coefficient (Wildman–Crippen LogP) is 3.47. The Morgan fingerprint density at radius 3 is 2.52 bits per heavy atom. The molecule has 25 heavy (non-hydrogen) atoms. The van der Waals surface area contributed by atoms with Gasteiger partial charge in [0.15, 0.2) is 0 Å². The summed E-state index contributed by atoms with van der Waals surface area (Å²) in [5.74, 6) is -0.324. The molecule has 0 aromatic heterocycles. The van der Waals surface area contributed by atoms with Crippen molar-refractivity contribution in [3.8, 4) is 0 Å². The molecule has 130 valence electrons. The van der Waals surface area contributed by atoms with E-state index in [1.165, 1.54) is 11.6 Å². The summed E-state index contributed by atoms with van der Waals surface area (Å²) in [4.78, 5) is 24.6. The molecule has 0 unspecified atom stereocenters. The Bertz CT molecular complexity index is 777. The van der Waals surface area contributed by atoms with Gasteiger partial charge in [-0.25, -0.2) is 0 Å². The lowest BCUT2D eigenvalue weighted by Gasteiger charge is -2.23. The van der Waals surface area contributed by atoms with E-state index in [4.69, 9.17) is 5.73 Å². The van der Waals surface area contributed by atoms with Gasteiger partial charge in [-0.2, -0.15) is 0 Å². The van der Waals surface area contributed by atoms with Gasteiger partial charge in [0.2, 0.25) is 0 Å². The smallest absolute Gasteiger partial charge is 0.305 e. The molecule has 6 heteroatoms. The highest BCUT2D eigenvalue weighted by Gasteiger charge is 2.28. The van der Waals surface area contributed by atoms with Crippen molar-refractivity contribution in [2.75, 3.05) is 18.0 Å². The minimum Gasteiger partial charge on any atom is -0.366 e. The molecule has 3 rings (SSSR count). The van der Waals surface area contributed by atoms with Crippen LogP contribution < -0.4 is 10.6 Å². The number of nitrogens with two attached hydrogens (primary N) is 1. The number of anilines is 1. The number of hydrogen-bond acceptors (Lipinski definition) is 4. The fourth-order valence-electron chi connectivity index (χ4n) is 3.57. The topological polar surface area (TPSA) is 89.5 Å². The molecule has 0 spiro atoms. The van der Waals surface area contributed by atoms with Gasteiger partial charge in [-0.05, 0) is 42.9 Å². The summed E-state index contributed by atoms with van der Waals surface area (Å²) in [6.07, 6.45) is 2.91. The summed E-state index contributed by atoms with van der Waals surface area (Å²) in [5, 5.41) is 11.5. The molecule has 1 amide bonds. The zero-order chi connectivity index (χ0) is 17.8. The molecule has 2 N–H and O–H groups in total. The highest BCUT2D eigenvalue weighted by molar-refractivity contribution is 5.99. The molecule has 1 aliphatic rings. The van der Waals surface area contributed by atoms with Gasteiger partial charge in [-0.15, -0.1) is 0 Å². The summed E-state index contributed by atoms with van der Waals surface area (Å²) in [5.41, 5.74) is 6.89. The number of rotatable bonds is 4. The molecule has 0 aliphatic carbocycles. The molecule has 0 saturated carbocycles. The van der Waals surface area contributed by atoms with Gasteiger partial charge in [0, 0.05) is 13.1 Å². The van der Waals surface area contributed by atoms with Crippen LogP contribution in [0, 0.1) is 10.1 Å². The number of carbonyl (C=O) groups excluding carboxylic acids is 1. The lowest BCUT2D eigenvalue weighted by atomic mass is 9.92. The van der Waals surface area contributed by atoms with Gasteiger partial charge in [-0.1, -0.05) is 36.4 Å². The summed E-state index contributed by atoms with van der Waals surface area (Å²) >= 11 is 0. The number of carbonyl (C=O) groups is 1. The van der Waals surface area contributed by atoms with Gasteiger partial charge < -0.3 is 10.6 Å². The molecular formula is C19H21N3O3. The lowest BCUT2D eigenvalue weighted by Crippen LogP contribution is -2.26. The average Bonchev–Trinajstić information content (AvgIpc) is 2.87. The summed E-state index contributed by atoms with van der Waals surface area (Å²) in [7, 11) is 0. The summed E-state index contributed by atoms with van der Waals surface area (Å²) < 4.78 is 0. The highest BCUT2D eigenvalue weighted by atomic mass is 16.6. The number of primary amides is 1. The Morgan fingerprint density at radius 1 is 1.08 bits per heavy atom. The van der Waals surface area contributed by atoms with Crippen LogP contribution in [0.5, 0.6) is 0 Å². The number of nitro benzene ring substituents is 1. The van der Waals surface area contributed by atoms with E-state index in [1.807, 2.05) is 23.1 Å². The van der Waals surface area contributed by atoms with Crippen LogP contribution in [0.1, 0.15) is 41.1 Å². The SMILES string of the molecule is NC(=O)c1cccc(N2CCC[C@H](c3ccccc3)CC2)c1[N+](=O)[O-]. The molecule has 1 heterocycles. The van der Waals surface area contributed by atoms with Gasteiger partial charge in [-0.3, -0.25) is 14.9 Å². The number of nitrogens with zero attached hydrogens (tertiary/aromatic N) is 2. The van der Waals surface area contributed by atoms with E-state index in [0.29, 0.717) is 18.2 Å². The first kappa shape index (κ1) is 17.0. The van der Waals surface area contributed by atoms with E-state index in [-0.39, 0.29) is 11.3 Å². The summed E-state index contributed by atoms with van der Waals surface area (Å²) in [6, 6.07) is 15.1. The van der Waals surface area contributed by atoms with Crippen LogP contribution in [0.15, 0.2) is 48.5 Å². The predicted molar refractivity (Wildman–Crippen MR) is 96.9 cm³/mol. The molecule has 0 bridgehead atoms. The number of nitro groups is 1. The second-order valence-corrected chi connectivity index (χ2v) is 6.32. The maximum atomic E-state index is 11.6. The average molecular weight is 339 g/mol. The zero-order valence-electron chi connectivity index (χ0n) is 13.9. The fourth-order valence-corrected chi connectivity index (χ4v) is 3.57. The van der Waals surface area contributed by atoms with Crippen molar-refractivity contribution < 1.29 is 9.72 Å². The Labute approximate surface area is 146 Å². The van der Waals surface area contributed by atoms with Crippen LogP contribution in [0.4, 0.5) is 11.4 Å². The number of benzene rings is 2. The van der Waals surface area contributed by atoms with Crippen molar-refractivity contribution in [2.24, 2.45) is 5.73 Å². The van der Waals surface area contributed by atoms with E-state index < -0.39 is 10.8 Å². The van der Waals surface area contributed by atoms with Crippen LogP contribution in [-0.4, -0.2) is 23.9 Å². The van der Waals surface area contributed by atoms with Gasteiger partial charge in [0.1, 0.15) is 11.3 Å². The fraction of sp³-hybridized carbons (Fsp3) is 0.316. The standard InChI is InChI=1S/C19H21N3O3/c20-19(23)16-9-4-10-17(18(16)22(24)25)21-12-5-8-15(11-13-21)14-6-2-1-3-7-14/h1-4,6-7,9-10,15H,5,8,11-13H2,(H2,20,23)/t15-/m0/s1. The van der Waals surface area contributed by atoms with Crippen LogP contribution in [0.3, 0.4) is 0 Å². The molecule has 1 fully saturated rings. The van der Waals surface area contributed by atoms with Gasteiger partial charge >= 0.3 is 5.69 Å². The molecule has 2 aromatic rings. The van der Waals surface area contributed by atoms with Gasteiger partial charge in [0.05, 0.1) is 4.92 Å². The van der Waals surface area contributed by atoms with Crippen LogP contribution in [-0.2, 0) is 0 Å². The molecular weight excluding hydrogens is 318 g/mol. The Morgan fingerprint density at radius 2 is 1.84 bits per heavy atom. The van der Waals surface area contributed by atoms with Crippen molar-refractivity contribution >= 4 is 17.3 Å². The van der Waals surface area contributed by atoms with Crippen molar-refractivity contribution in [1.29, 1.82) is 0 Å². The molecule has 0 radical (unpaired) electrons. The monoisotopic (exact) mass is 339 g/mol. The van der Waals surface area contributed by atoms with Gasteiger partial charge in [0.25, 0.3) is 5.91 Å². The quantitative estimate of drug-likeness (QED) is 0.682. The molecule has 1 aliphatic heterocycles. The van der Waals surface area contributed by atoms with Crippen molar-refractivity contribution in [2.45, 2.75) is 25.2 Å². The minimum atomic E-state index is -0.773. The maximum absolute atomic E-state index is 11.6. The maximum Gasteiger partial charge on any atom is 0.305 e. The zero-order valence-corrected chi connectivity index (χ0v) is 13.9. The third kappa shape index (κ3) is 3.63. The first-order valence-corrected chi connectivity index (χ1v) is 8.45. The second-order valence-electron chi connectivity index (χ2n) is 6.32. The van der Waals surface area contributed by atoms with E-state index in [2.05, 4.69) is 12.1 Å². The van der Waals surface area contributed by atoms with E-state index in [0.717, 1.165) is 25.8 Å². The number of para-hydroxylation sites is 1. The van der Waals surface area contributed by atoms with Crippen molar-refractivity contribution in [3.63, 3.8) is 0 Å². The van der Waals surface area contributed by atoms with E-state index in [1.54, 1.807) is 12.1 Å². The minimum absolute atomic E-state index is 0.0358. The first-order chi connectivity index (χ1) is 12.1. The number of amides is 1. The van der Waals surface area contributed by atoms with E-state index >= 15 is 0 Å². The van der Waals surface area contributed by atoms with E-state index in [9.17, 15) is 14.9 Å². The Kier molecular flexibility index (Phi) is 4.97. The van der Waals surface area contributed by atoms with Crippen LogP contribution in [0.25, 0.3) is 0 Å². The Balaban J connectivity index is 1.87. The van der Waals surface area contributed by atoms with Crippen molar-refractivity contribution in [3.05, 3.63) is 69.8 Å². The van der Waals surface area contributed by atoms with Crippen molar-refractivity contribution in [1.82, 2.24) is 0 Å². The molecule has 1 saturated heterocycles. The third-order valence-corrected chi connectivity index (χ3v) is 4.80. The largest absolute Gasteiger partial charge is 0.366 e. The molecule has 1 atom stereocenters. The summed E-state index contributed by atoms with van der Waals surface area (Å²) in [6.45, 7) is 1.44. The third-order valence-electron chi connectivity index (χ3n) is 4.80. The molecule has 6 nitrogen and oxygen atoms in total. The highest BCUT2D eigenvalue weighted by Crippen LogP contribution is 2.35. The lowest BCUT2D eigenvalue weighted by molar-refractivity contribution is -0.384. The Hall–Kier alpha value is -2.89. The number of hydrogen-bond donors (Lipinski definition) is 1. The van der Waals surface area contributed by atoms with Crippen LogP contribution >= 0.6 is 0 Å². The first-order valence-electron chi connectivity index (χ1n) is 8.45.